The van der Waals surface area contributed by atoms with E-state index in [2.05, 4.69) is 10.3 Å². The molecule has 1 atom stereocenters. The number of carbonyl (C=O) groups excluding carboxylic acids is 2. The van der Waals surface area contributed by atoms with E-state index in [9.17, 15) is 9.59 Å². The first-order valence-electron chi connectivity index (χ1n) is 6.85. The number of likely N-dealkylation sites (tertiary alicyclic amines) is 1. The Morgan fingerprint density at radius 3 is 2.80 bits per heavy atom. The van der Waals surface area contributed by atoms with Crippen LogP contribution >= 0.6 is 0 Å². The number of rotatable bonds is 3. The van der Waals surface area contributed by atoms with Gasteiger partial charge in [0.1, 0.15) is 0 Å². The van der Waals surface area contributed by atoms with Crippen molar-refractivity contribution in [2.24, 2.45) is 0 Å². The average molecular weight is 277 g/mol. The van der Waals surface area contributed by atoms with Gasteiger partial charge in [0, 0.05) is 37.3 Å². The largest absolute Gasteiger partial charge is 0.396 e. The molecule has 0 saturated carbocycles. The fourth-order valence-electron chi connectivity index (χ4n) is 2.47. The zero-order valence-electron chi connectivity index (χ0n) is 11.3. The van der Waals surface area contributed by atoms with Crippen molar-refractivity contribution in [3.8, 4) is 0 Å². The Kier molecular flexibility index (Phi) is 5.06. The van der Waals surface area contributed by atoms with Crippen molar-refractivity contribution in [2.45, 2.75) is 31.7 Å². The zero-order chi connectivity index (χ0) is 14.4. The van der Waals surface area contributed by atoms with E-state index >= 15 is 0 Å². The second-order valence-corrected chi connectivity index (χ2v) is 4.85. The number of anilines is 1. The number of carbonyl (C=O) groups is 2. The van der Waals surface area contributed by atoms with Crippen molar-refractivity contribution in [1.82, 2.24) is 9.88 Å². The van der Waals surface area contributed by atoms with Gasteiger partial charge in [0.05, 0.1) is 0 Å². The second-order valence-electron chi connectivity index (χ2n) is 4.85. The van der Waals surface area contributed by atoms with Crippen LogP contribution in [0.25, 0.3) is 0 Å². The molecule has 2 amide bonds. The molecular weight excluding hydrogens is 258 g/mol. The third-order valence-corrected chi connectivity index (χ3v) is 3.48. The third-order valence-electron chi connectivity index (χ3n) is 3.48. The van der Waals surface area contributed by atoms with Crippen molar-refractivity contribution < 1.29 is 14.7 Å². The standard InChI is InChI=1S/C14H19N3O3/c18-10-6-12-3-1-2-9-17(12)14(20)13(19)16-11-4-7-15-8-5-11/h4-5,7-8,12,18H,1-3,6,9-10H2,(H,15,16,19)/t12-/m0/s1. The highest BCUT2D eigenvalue weighted by atomic mass is 16.3. The molecule has 2 rings (SSSR count). The Morgan fingerprint density at radius 1 is 1.35 bits per heavy atom. The van der Waals surface area contributed by atoms with Gasteiger partial charge in [-0.15, -0.1) is 0 Å². The van der Waals surface area contributed by atoms with Crippen LogP contribution < -0.4 is 5.32 Å². The molecule has 108 valence electrons. The lowest BCUT2D eigenvalue weighted by Gasteiger charge is -2.34. The molecule has 1 aliphatic rings. The topological polar surface area (TPSA) is 82.5 Å². The van der Waals surface area contributed by atoms with Gasteiger partial charge >= 0.3 is 11.8 Å². The molecule has 0 bridgehead atoms. The first kappa shape index (κ1) is 14.5. The fraction of sp³-hybridized carbons (Fsp3) is 0.500. The Bertz CT molecular complexity index is 462. The monoisotopic (exact) mass is 277 g/mol. The predicted octanol–water partition coefficient (Wildman–Crippen LogP) is 0.784. The molecule has 1 aromatic heterocycles. The van der Waals surface area contributed by atoms with Crippen LogP contribution in [0, 0.1) is 0 Å². The van der Waals surface area contributed by atoms with E-state index < -0.39 is 11.8 Å². The Morgan fingerprint density at radius 2 is 2.10 bits per heavy atom. The fourth-order valence-corrected chi connectivity index (χ4v) is 2.47. The predicted molar refractivity (Wildman–Crippen MR) is 73.9 cm³/mol. The molecule has 1 fully saturated rings. The summed E-state index contributed by atoms with van der Waals surface area (Å²) in [5.41, 5.74) is 0.550. The van der Waals surface area contributed by atoms with Gasteiger partial charge in [-0.2, -0.15) is 0 Å². The van der Waals surface area contributed by atoms with E-state index in [1.54, 1.807) is 29.4 Å². The van der Waals surface area contributed by atoms with Crippen LogP contribution in [-0.4, -0.2) is 46.0 Å². The van der Waals surface area contributed by atoms with Crippen molar-refractivity contribution in [3.05, 3.63) is 24.5 Å². The van der Waals surface area contributed by atoms with Crippen LogP contribution in [0.4, 0.5) is 5.69 Å². The SMILES string of the molecule is O=C(Nc1ccncc1)C(=O)N1CCCC[C@H]1CCO. The van der Waals surface area contributed by atoms with Crippen molar-refractivity contribution in [3.63, 3.8) is 0 Å². The van der Waals surface area contributed by atoms with Gasteiger partial charge in [0.25, 0.3) is 0 Å². The van der Waals surface area contributed by atoms with Crippen LogP contribution in [0.1, 0.15) is 25.7 Å². The molecule has 2 N–H and O–H groups in total. The van der Waals surface area contributed by atoms with Gasteiger partial charge < -0.3 is 15.3 Å². The number of hydrogen-bond donors (Lipinski definition) is 2. The van der Waals surface area contributed by atoms with Crippen LogP contribution in [0.3, 0.4) is 0 Å². The number of aromatic nitrogens is 1. The highest BCUT2D eigenvalue weighted by molar-refractivity contribution is 6.39. The Labute approximate surface area is 117 Å². The molecular formula is C14H19N3O3. The van der Waals surface area contributed by atoms with Gasteiger partial charge in [-0.3, -0.25) is 14.6 Å². The molecule has 0 unspecified atom stereocenters. The number of nitrogens with one attached hydrogen (secondary N) is 1. The maximum Gasteiger partial charge on any atom is 0.313 e. The number of hydrogen-bond acceptors (Lipinski definition) is 4. The summed E-state index contributed by atoms with van der Waals surface area (Å²) in [7, 11) is 0. The summed E-state index contributed by atoms with van der Waals surface area (Å²) in [6.07, 6.45) is 6.39. The molecule has 6 heteroatoms. The molecule has 0 aliphatic carbocycles. The lowest BCUT2D eigenvalue weighted by atomic mass is 9.99. The van der Waals surface area contributed by atoms with Crippen LogP contribution in [0.2, 0.25) is 0 Å². The van der Waals surface area contributed by atoms with Crippen molar-refractivity contribution >= 4 is 17.5 Å². The smallest absolute Gasteiger partial charge is 0.313 e. The van der Waals surface area contributed by atoms with Gasteiger partial charge in [-0.1, -0.05) is 0 Å². The van der Waals surface area contributed by atoms with E-state index in [0.29, 0.717) is 18.7 Å². The zero-order valence-corrected chi connectivity index (χ0v) is 11.3. The van der Waals surface area contributed by atoms with E-state index in [-0.39, 0.29) is 12.6 Å². The summed E-state index contributed by atoms with van der Waals surface area (Å²) in [6, 6.07) is 3.23. The van der Waals surface area contributed by atoms with Gasteiger partial charge in [0.15, 0.2) is 0 Å². The lowest BCUT2D eigenvalue weighted by Crippen LogP contribution is -2.48. The van der Waals surface area contributed by atoms with Crippen LogP contribution in [0.5, 0.6) is 0 Å². The first-order valence-corrected chi connectivity index (χ1v) is 6.85. The summed E-state index contributed by atoms with van der Waals surface area (Å²) in [6.45, 7) is 0.605. The van der Waals surface area contributed by atoms with Gasteiger partial charge in [0.2, 0.25) is 0 Å². The average Bonchev–Trinajstić information content (AvgIpc) is 2.48. The minimum absolute atomic E-state index is 0.0282. The summed E-state index contributed by atoms with van der Waals surface area (Å²) >= 11 is 0. The Hall–Kier alpha value is -1.95. The molecule has 1 aromatic rings. The third kappa shape index (κ3) is 3.54. The van der Waals surface area contributed by atoms with E-state index in [1.807, 2.05) is 0 Å². The van der Waals surface area contributed by atoms with Crippen molar-refractivity contribution in [2.75, 3.05) is 18.5 Å². The molecule has 1 aliphatic heterocycles. The maximum absolute atomic E-state index is 12.2. The van der Waals surface area contributed by atoms with Gasteiger partial charge in [-0.25, -0.2) is 0 Å². The summed E-state index contributed by atoms with van der Waals surface area (Å²) in [5, 5.41) is 11.6. The van der Waals surface area contributed by atoms with Crippen LogP contribution in [0.15, 0.2) is 24.5 Å². The molecule has 0 radical (unpaired) electrons. The molecule has 0 spiro atoms. The molecule has 20 heavy (non-hydrogen) atoms. The summed E-state index contributed by atoms with van der Waals surface area (Å²) < 4.78 is 0. The molecule has 0 aromatic carbocycles. The van der Waals surface area contributed by atoms with E-state index in [4.69, 9.17) is 5.11 Å². The number of aliphatic hydroxyl groups is 1. The maximum atomic E-state index is 12.2. The summed E-state index contributed by atoms with van der Waals surface area (Å²) in [5.74, 6) is -1.17. The molecule has 1 saturated heterocycles. The lowest BCUT2D eigenvalue weighted by molar-refractivity contribution is -0.146. The first-order chi connectivity index (χ1) is 9.72. The second kappa shape index (κ2) is 7.00. The Balaban J connectivity index is 1.99. The number of piperidine rings is 1. The van der Waals surface area contributed by atoms with Crippen LogP contribution in [-0.2, 0) is 9.59 Å². The normalized spacial score (nSPS) is 18.6. The van der Waals surface area contributed by atoms with E-state index in [0.717, 1.165) is 19.3 Å². The van der Waals surface area contributed by atoms with E-state index in [1.165, 1.54) is 0 Å². The number of amides is 2. The minimum Gasteiger partial charge on any atom is -0.396 e. The minimum atomic E-state index is -0.638. The molecule has 2 heterocycles. The highest BCUT2D eigenvalue weighted by Gasteiger charge is 2.30. The summed E-state index contributed by atoms with van der Waals surface area (Å²) in [4.78, 5) is 29.6. The molecule has 6 nitrogen and oxygen atoms in total. The number of pyridine rings is 1. The number of nitrogens with zero attached hydrogens (tertiary/aromatic N) is 2. The quantitative estimate of drug-likeness (QED) is 0.800. The number of aliphatic hydroxyl groups excluding tert-OH is 1. The van der Waals surface area contributed by atoms with Gasteiger partial charge in [-0.05, 0) is 37.8 Å². The van der Waals surface area contributed by atoms with Crippen molar-refractivity contribution in [1.29, 1.82) is 0 Å². The highest BCUT2D eigenvalue weighted by Crippen LogP contribution is 2.20.